The van der Waals surface area contributed by atoms with Gasteiger partial charge in [0.05, 0.1) is 25.0 Å². The van der Waals surface area contributed by atoms with Gasteiger partial charge in [-0.3, -0.25) is 0 Å². The van der Waals surface area contributed by atoms with Gasteiger partial charge >= 0.3 is 0 Å². The molecular weight excluding hydrogens is 360 g/mol. The fourth-order valence-electron chi connectivity index (χ4n) is 2.68. The molecule has 27 heavy (non-hydrogen) atoms. The van der Waals surface area contributed by atoms with E-state index in [1.807, 2.05) is 42.6 Å². The zero-order valence-electron chi connectivity index (χ0n) is 15.4. The second-order valence-electron chi connectivity index (χ2n) is 6.61. The van der Waals surface area contributed by atoms with Gasteiger partial charge in [-0.1, -0.05) is 19.1 Å². The first-order chi connectivity index (χ1) is 12.9. The lowest BCUT2D eigenvalue weighted by atomic mass is 9.98. The molecule has 2 aromatic heterocycles. The number of anilines is 1. The van der Waals surface area contributed by atoms with E-state index in [0.717, 1.165) is 27.5 Å². The fourth-order valence-corrected chi connectivity index (χ4v) is 2.91. The Balaban J connectivity index is 1.70. The van der Waals surface area contributed by atoms with Crippen molar-refractivity contribution in [1.82, 2.24) is 14.8 Å². The minimum Gasteiger partial charge on any atom is -0.398 e. The predicted molar refractivity (Wildman–Crippen MR) is 108 cm³/mol. The predicted octanol–water partition coefficient (Wildman–Crippen LogP) is 3.19. The first-order valence-corrected chi connectivity index (χ1v) is 9.24. The van der Waals surface area contributed by atoms with Gasteiger partial charge in [0.2, 0.25) is 0 Å². The van der Waals surface area contributed by atoms with Gasteiger partial charge < -0.3 is 15.6 Å². The summed E-state index contributed by atoms with van der Waals surface area (Å²) in [6, 6.07) is 11.7. The highest BCUT2D eigenvalue weighted by molar-refractivity contribution is 7.80. The van der Waals surface area contributed by atoms with Crippen molar-refractivity contribution in [3.63, 3.8) is 0 Å². The van der Waals surface area contributed by atoms with Crippen LogP contribution in [0.3, 0.4) is 0 Å². The molecule has 7 heteroatoms. The van der Waals surface area contributed by atoms with E-state index >= 15 is 0 Å². The van der Waals surface area contributed by atoms with Crippen molar-refractivity contribution in [2.24, 2.45) is 0 Å². The number of ether oxygens (including phenoxy) is 1. The van der Waals surface area contributed by atoms with E-state index in [-0.39, 0.29) is 5.92 Å². The van der Waals surface area contributed by atoms with Crippen LogP contribution >= 0.6 is 12.6 Å². The Morgan fingerprint density at radius 1 is 1.22 bits per heavy atom. The zero-order valence-corrected chi connectivity index (χ0v) is 16.3. The second kappa shape index (κ2) is 8.56. The van der Waals surface area contributed by atoms with E-state index in [9.17, 15) is 5.11 Å². The van der Waals surface area contributed by atoms with Crippen LogP contribution in [-0.4, -0.2) is 32.6 Å². The van der Waals surface area contributed by atoms with Gasteiger partial charge in [0.1, 0.15) is 0 Å². The summed E-state index contributed by atoms with van der Waals surface area (Å²) in [6.07, 6.45) is 3.19. The van der Waals surface area contributed by atoms with Crippen molar-refractivity contribution in [2.75, 3.05) is 12.3 Å². The van der Waals surface area contributed by atoms with E-state index in [4.69, 9.17) is 10.5 Å². The molecular formula is C20H24N4O2S. The third kappa shape index (κ3) is 4.88. The molecule has 2 atom stereocenters. The molecule has 0 radical (unpaired) electrons. The minimum atomic E-state index is -0.471. The molecule has 0 spiro atoms. The largest absolute Gasteiger partial charge is 0.398 e. The highest BCUT2D eigenvalue weighted by Gasteiger charge is 2.13. The number of nitrogens with two attached hydrogens (primary N) is 1. The van der Waals surface area contributed by atoms with Gasteiger partial charge in [-0.25, -0.2) is 9.67 Å². The minimum absolute atomic E-state index is 0.117. The van der Waals surface area contributed by atoms with Crippen molar-refractivity contribution in [3.8, 4) is 5.82 Å². The topological polar surface area (TPSA) is 86.2 Å². The second-order valence-corrected chi connectivity index (χ2v) is 7.10. The Labute approximate surface area is 164 Å². The van der Waals surface area contributed by atoms with Gasteiger partial charge in [0.15, 0.2) is 5.82 Å². The quantitative estimate of drug-likeness (QED) is 0.430. The van der Waals surface area contributed by atoms with Crippen LogP contribution in [0.2, 0.25) is 0 Å². The smallest absolute Gasteiger partial charge is 0.153 e. The number of nitrogens with zero attached hydrogens (tertiary/aromatic N) is 3. The van der Waals surface area contributed by atoms with Crippen LogP contribution < -0.4 is 5.73 Å². The number of benzene rings is 1. The normalized spacial score (nSPS) is 13.5. The van der Waals surface area contributed by atoms with Gasteiger partial charge in [-0.15, -0.1) is 12.6 Å². The van der Waals surface area contributed by atoms with Crippen molar-refractivity contribution < 1.29 is 9.84 Å². The first-order valence-electron chi connectivity index (χ1n) is 8.79. The average Bonchev–Trinajstić information content (AvgIpc) is 3.14. The Hall–Kier alpha value is -2.35. The van der Waals surface area contributed by atoms with Gasteiger partial charge in [0.25, 0.3) is 0 Å². The molecule has 0 saturated heterocycles. The SMILES string of the molecule is CC(O)COCc1ccc(-n2ccc(C(C)c3ccc(N)c(S)c3)n2)nc1. The third-order valence-corrected chi connectivity index (χ3v) is 4.67. The maximum atomic E-state index is 9.22. The number of aliphatic hydroxyl groups is 1. The van der Waals surface area contributed by atoms with E-state index < -0.39 is 6.10 Å². The molecule has 0 aliphatic heterocycles. The standard InChI is InChI=1S/C20H24N4O2S/c1-13(25)11-26-12-15-3-6-20(22-10-15)24-8-7-18(23-24)14(2)16-4-5-17(21)19(27)9-16/h3-10,13-14,25,27H,11-12,21H2,1-2H3. The molecule has 0 amide bonds. The number of thiol groups is 1. The average molecular weight is 385 g/mol. The fraction of sp³-hybridized carbons (Fsp3) is 0.300. The molecule has 2 unspecified atom stereocenters. The molecule has 0 saturated carbocycles. The van der Waals surface area contributed by atoms with Crippen molar-refractivity contribution in [3.05, 3.63) is 65.6 Å². The van der Waals surface area contributed by atoms with E-state index in [2.05, 4.69) is 29.6 Å². The van der Waals surface area contributed by atoms with Gasteiger partial charge in [-0.2, -0.15) is 5.10 Å². The van der Waals surface area contributed by atoms with Crippen LogP contribution in [0.1, 0.15) is 36.6 Å². The maximum Gasteiger partial charge on any atom is 0.153 e. The first kappa shape index (κ1) is 19.4. The van der Waals surface area contributed by atoms with Crippen molar-refractivity contribution in [1.29, 1.82) is 0 Å². The number of rotatable bonds is 7. The summed E-state index contributed by atoms with van der Waals surface area (Å²) in [6.45, 7) is 4.52. The van der Waals surface area contributed by atoms with Crippen LogP contribution in [0, 0.1) is 0 Å². The highest BCUT2D eigenvalue weighted by Crippen LogP contribution is 2.27. The van der Waals surface area contributed by atoms with Crippen molar-refractivity contribution in [2.45, 2.75) is 37.4 Å². The molecule has 0 aliphatic rings. The molecule has 0 aliphatic carbocycles. The molecule has 142 valence electrons. The van der Waals surface area contributed by atoms with E-state index in [1.165, 1.54) is 0 Å². The third-order valence-electron chi connectivity index (χ3n) is 4.28. The highest BCUT2D eigenvalue weighted by atomic mass is 32.1. The Morgan fingerprint density at radius 2 is 2.04 bits per heavy atom. The van der Waals surface area contributed by atoms with E-state index in [0.29, 0.717) is 18.9 Å². The molecule has 0 fully saturated rings. The van der Waals surface area contributed by atoms with Crippen LogP contribution in [0.15, 0.2) is 53.7 Å². The van der Waals surface area contributed by atoms with Crippen LogP contribution in [0.4, 0.5) is 5.69 Å². The number of pyridine rings is 1. The monoisotopic (exact) mass is 384 g/mol. The van der Waals surface area contributed by atoms with Crippen LogP contribution in [-0.2, 0) is 11.3 Å². The summed E-state index contributed by atoms with van der Waals surface area (Å²) in [4.78, 5) is 5.22. The molecule has 1 aromatic carbocycles. The number of aliphatic hydroxyl groups excluding tert-OH is 1. The Kier molecular flexibility index (Phi) is 6.15. The van der Waals surface area contributed by atoms with E-state index in [1.54, 1.807) is 17.8 Å². The molecule has 3 aromatic rings. The summed E-state index contributed by atoms with van der Waals surface area (Å²) in [5, 5.41) is 13.9. The summed E-state index contributed by atoms with van der Waals surface area (Å²) < 4.78 is 7.16. The molecule has 3 rings (SSSR count). The summed E-state index contributed by atoms with van der Waals surface area (Å²) in [5.74, 6) is 0.853. The number of nitrogen functional groups attached to an aromatic ring is 1. The number of aromatic nitrogens is 3. The summed E-state index contributed by atoms with van der Waals surface area (Å²) >= 11 is 4.40. The lowest BCUT2D eigenvalue weighted by Gasteiger charge is -2.11. The lowest BCUT2D eigenvalue weighted by molar-refractivity contribution is 0.0375. The molecule has 3 N–H and O–H groups in total. The van der Waals surface area contributed by atoms with Crippen LogP contribution in [0.5, 0.6) is 0 Å². The summed E-state index contributed by atoms with van der Waals surface area (Å²) in [5.41, 5.74) is 9.51. The maximum absolute atomic E-state index is 9.22. The number of hydrogen-bond donors (Lipinski definition) is 3. The zero-order chi connectivity index (χ0) is 19.4. The Bertz CT molecular complexity index is 893. The molecule has 6 nitrogen and oxygen atoms in total. The number of hydrogen-bond acceptors (Lipinski definition) is 6. The lowest BCUT2D eigenvalue weighted by Crippen LogP contribution is -2.10. The van der Waals surface area contributed by atoms with Crippen LogP contribution in [0.25, 0.3) is 5.82 Å². The molecule has 2 heterocycles. The molecule has 0 bridgehead atoms. The Morgan fingerprint density at radius 3 is 2.70 bits per heavy atom. The van der Waals surface area contributed by atoms with Gasteiger partial charge in [0, 0.05) is 28.9 Å². The summed E-state index contributed by atoms with van der Waals surface area (Å²) in [7, 11) is 0. The van der Waals surface area contributed by atoms with Crippen molar-refractivity contribution >= 4 is 18.3 Å². The van der Waals surface area contributed by atoms with Gasteiger partial charge in [-0.05, 0) is 42.3 Å².